The van der Waals surface area contributed by atoms with E-state index in [1.807, 2.05) is 7.05 Å². The minimum Gasteiger partial charge on any atom is -0.477 e. The number of nitrogens with one attached hydrogen (secondary N) is 1. The highest BCUT2D eigenvalue weighted by Crippen LogP contribution is 2.29. The average Bonchev–Trinajstić information content (AvgIpc) is 2.37. The molecule has 102 valence electrons. The molecule has 1 N–H and O–H groups in total. The van der Waals surface area contributed by atoms with E-state index in [0.717, 1.165) is 30.3 Å². The molecule has 0 radical (unpaired) electrons. The van der Waals surface area contributed by atoms with E-state index in [2.05, 4.69) is 36.1 Å². The number of anilines is 1. The molecule has 4 nitrogen and oxygen atoms in total. The van der Waals surface area contributed by atoms with Crippen molar-refractivity contribution in [3.8, 4) is 5.88 Å². The van der Waals surface area contributed by atoms with Gasteiger partial charge in [-0.3, -0.25) is 0 Å². The van der Waals surface area contributed by atoms with E-state index >= 15 is 0 Å². The van der Waals surface area contributed by atoms with Crippen LogP contribution in [0.4, 0.5) is 5.82 Å². The van der Waals surface area contributed by atoms with Crippen molar-refractivity contribution in [1.29, 1.82) is 0 Å². The highest BCUT2D eigenvalue weighted by Gasteiger charge is 2.15. The highest BCUT2D eigenvalue weighted by molar-refractivity contribution is 5.50. The maximum absolute atomic E-state index is 5.80. The zero-order valence-corrected chi connectivity index (χ0v) is 12.0. The maximum atomic E-state index is 5.80. The molecule has 0 fully saturated rings. The number of unbranched alkanes of at least 4 members (excludes halogenated alkanes) is 3. The molecule has 1 aromatic rings. The summed E-state index contributed by atoms with van der Waals surface area (Å²) in [5.41, 5.74) is 1.07. The second-order valence-corrected chi connectivity index (χ2v) is 4.75. The molecule has 0 aromatic carbocycles. The third-order valence-electron chi connectivity index (χ3n) is 2.90. The van der Waals surface area contributed by atoms with E-state index in [4.69, 9.17) is 4.74 Å². The lowest BCUT2D eigenvalue weighted by atomic mass is 10.1. The largest absolute Gasteiger partial charge is 0.477 e. The summed E-state index contributed by atoms with van der Waals surface area (Å²) in [5, 5.41) is 3.10. The molecule has 0 aliphatic rings. The number of ether oxygens (including phenoxy) is 1. The Kier molecular flexibility index (Phi) is 6.47. The topological polar surface area (TPSA) is 47.0 Å². The fourth-order valence-electron chi connectivity index (χ4n) is 1.91. The van der Waals surface area contributed by atoms with Crippen molar-refractivity contribution >= 4 is 5.82 Å². The molecule has 0 spiro atoms. The first-order valence-electron chi connectivity index (χ1n) is 6.86. The zero-order chi connectivity index (χ0) is 13.4. The Morgan fingerprint density at radius 2 is 2.00 bits per heavy atom. The average molecular weight is 251 g/mol. The van der Waals surface area contributed by atoms with E-state index in [9.17, 15) is 0 Å². The molecule has 1 rings (SSSR count). The monoisotopic (exact) mass is 251 g/mol. The third-order valence-corrected chi connectivity index (χ3v) is 2.90. The van der Waals surface area contributed by atoms with Gasteiger partial charge in [-0.15, -0.1) is 0 Å². The molecule has 0 amide bonds. The van der Waals surface area contributed by atoms with Gasteiger partial charge in [0.15, 0.2) is 0 Å². The van der Waals surface area contributed by atoms with Crippen LogP contribution in [0.5, 0.6) is 5.88 Å². The summed E-state index contributed by atoms with van der Waals surface area (Å²) in [4.78, 5) is 8.49. The van der Waals surface area contributed by atoms with Gasteiger partial charge in [-0.2, -0.15) is 0 Å². The Morgan fingerprint density at radius 3 is 2.61 bits per heavy atom. The Bertz CT molecular complexity index is 353. The predicted molar refractivity (Wildman–Crippen MR) is 75.3 cm³/mol. The van der Waals surface area contributed by atoms with Gasteiger partial charge >= 0.3 is 0 Å². The molecule has 0 bridgehead atoms. The second kappa shape index (κ2) is 7.90. The molecular formula is C14H25N3O. The fraction of sp³-hybridized carbons (Fsp3) is 0.714. The van der Waals surface area contributed by atoms with Crippen LogP contribution in [0, 0.1) is 0 Å². The van der Waals surface area contributed by atoms with E-state index in [0.29, 0.717) is 5.92 Å². The highest BCUT2D eigenvalue weighted by atomic mass is 16.5. The molecule has 0 aliphatic carbocycles. The molecule has 18 heavy (non-hydrogen) atoms. The number of aromatic nitrogens is 2. The number of nitrogens with zero attached hydrogens (tertiary/aromatic N) is 2. The van der Waals surface area contributed by atoms with Gasteiger partial charge in [0.2, 0.25) is 5.88 Å². The van der Waals surface area contributed by atoms with Crippen molar-refractivity contribution in [3.63, 3.8) is 0 Å². The SMILES string of the molecule is CCCCCCOc1ncnc(NC)c1C(C)C. The van der Waals surface area contributed by atoms with E-state index in [1.165, 1.54) is 19.3 Å². The van der Waals surface area contributed by atoms with Crippen LogP contribution in [0.25, 0.3) is 0 Å². The lowest BCUT2D eigenvalue weighted by molar-refractivity contribution is 0.289. The van der Waals surface area contributed by atoms with Gasteiger partial charge in [0, 0.05) is 7.05 Å². The summed E-state index contributed by atoms with van der Waals surface area (Å²) in [7, 11) is 1.87. The summed E-state index contributed by atoms with van der Waals surface area (Å²) in [6, 6.07) is 0. The van der Waals surface area contributed by atoms with Gasteiger partial charge in [0.25, 0.3) is 0 Å². The first kappa shape index (κ1) is 14.7. The van der Waals surface area contributed by atoms with E-state index < -0.39 is 0 Å². The molecule has 0 unspecified atom stereocenters. The molecule has 0 saturated heterocycles. The predicted octanol–water partition coefficient (Wildman–Crippen LogP) is 3.60. The second-order valence-electron chi connectivity index (χ2n) is 4.75. The smallest absolute Gasteiger partial charge is 0.222 e. The van der Waals surface area contributed by atoms with Crippen molar-refractivity contribution < 1.29 is 4.74 Å². The van der Waals surface area contributed by atoms with Crippen molar-refractivity contribution in [3.05, 3.63) is 11.9 Å². The fourth-order valence-corrected chi connectivity index (χ4v) is 1.91. The molecule has 0 atom stereocenters. The Labute approximate surface area is 110 Å². The third kappa shape index (κ3) is 4.17. The van der Waals surface area contributed by atoms with Gasteiger partial charge in [0.05, 0.1) is 12.2 Å². The standard InChI is InChI=1S/C14H25N3O/c1-5-6-7-8-9-18-14-12(11(2)3)13(15-4)16-10-17-14/h10-11H,5-9H2,1-4H3,(H,15,16,17). The molecule has 0 saturated carbocycles. The lowest BCUT2D eigenvalue weighted by Crippen LogP contribution is -2.07. The van der Waals surface area contributed by atoms with Crippen LogP contribution in [0.1, 0.15) is 57.9 Å². The number of hydrogen-bond donors (Lipinski definition) is 1. The van der Waals surface area contributed by atoms with Crippen molar-refractivity contribution in [1.82, 2.24) is 9.97 Å². The maximum Gasteiger partial charge on any atom is 0.222 e. The minimum absolute atomic E-state index is 0.347. The van der Waals surface area contributed by atoms with Crippen LogP contribution in [0.3, 0.4) is 0 Å². The number of hydrogen-bond acceptors (Lipinski definition) is 4. The molecular weight excluding hydrogens is 226 g/mol. The summed E-state index contributed by atoms with van der Waals surface area (Å²) in [5.74, 6) is 1.93. The number of rotatable bonds is 8. The first-order chi connectivity index (χ1) is 8.70. The van der Waals surface area contributed by atoms with Crippen LogP contribution in [-0.4, -0.2) is 23.6 Å². The van der Waals surface area contributed by atoms with Gasteiger partial charge in [-0.1, -0.05) is 40.0 Å². The van der Waals surface area contributed by atoms with E-state index in [-0.39, 0.29) is 0 Å². The molecule has 1 aromatic heterocycles. The molecule has 4 heteroatoms. The lowest BCUT2D eigenvalue weighted by Gasteiger charge is -2.15. The van der Waals surface area contributed by atoms with Gasteiger partial charge in [-0.05, 0) is 12.3 Å². The minimum atomic E-state index is 0.347. The van der Waals surface area contributed by atoms with Crippen LogP contribution in [-0.2, 0) is 0 Å². The van der Waals surface area contributed by atoms with Crippen LogP contribution in [0.2, 0.25) is 0 Å². The quantitative estimate of drug-likeness (QED) is 0.717. The Morgan fingerprint density at radius 1 is 1.22 bits per heavy atom. The summed E-state index contributed by atoms with van der Waals surface area (Å²) in [6.07, 6.45) is 6.38. The molecule has 0 aliphatic heterocycles. The Hall–Kier alpha value is -1.32. The van der Waals surface area contributed by atoms with Gasteiger partial charge in [0.1, 0.15) is 12.1 Å². The summed E-state index contributed by atoms with van der Waals surface area (Å²) in [6.45, 7) is 7.20. The Balaban J connectivity index is 2.64. The van der Waals surface area contributed by atoms with Gasteiger partial charge < -0.3 is 10.1 Å². The van der Waals surface area contributed by atoms with Gasteiger partial charge in [-0.25, -0.2) is 9.97 Å². The van der Waals surface area contributed by atoms with Crippen molar-refractivity contribution in [2.45, 2.75) is 52.4 Å². The van der Waals surface area contributed by atoms with Crippen molar-refractivity contribution in [2.75, 3.05) is 19.0 Å². The van der Waals surface area contributed by atoms with Crippen LogP contribution >= 0.6 is 0 Å². The van der Waals surface area contributed by atoms with Crippen molar-refractivity contribution in [2.24, 2.45) is 0 Å². The van der Waals surface area contributed by atoms with Crippen LogP contribution in [0.15, 0.2) is 6.33 Å². The van der Waals surface area contributed by atoms with Crippen LogP contribution < -0.4 is 10.1 Å². The van der Waals surface area contributed by atoms with E-state index in [1.54, 1.807) is 6.33 Å². The summed E-state index contributed by atoms with van der Waals surface area (Å²) < 4.78 is 5.80. The zero-order valence-electron chi connectivity index (χ0n) is 12.0. The normalized spacial score (nSPS) is 10.7. The summed E-state index contributed by atoms with van der Waals surface area (Å²) >= 11 is 0. The first-order valence-corrected chi connectivity index (χ1v) is 6.86. The molecule has 1 heterocycles.